The van der Waals surface area contributed by atoms with E-state index >= 15 is 0 Å². The van der Waals surface area contributed by atoms with Crippen molar-refractivity contribution in [1.29, 1.82) is 0 Å². The Morgan fingerprint density at radius 3 is 2.55 bits per heavy atom. The summed E-state index contributed by atoms with van der Waals surface area (Å²) in [5, 5.41) is 9.57. The second kappa shape index (κ2) is 6.89. The van der Waals surface area contributed by atoms with Crippen molar-refractivity contribution in [3.63, 3.8) is 0 Å². The molecule has 0 bridgehead atoms. The maximum Gasteiger partial charge on any atom is 0.229 e. The number of nitrogens with zero attached hydrogens (tertiary/aromatic N) is 1. The summed E-state index contributed by atoms with van der Waals surface area (Å²) < 4.78 is 0. The fourth-order valence-electron chi connectivity index (χ4n) is 2.06. The van der Waals surface area contributed by atoms with Crippen molar-refractivity contribution in [3.05, 3.63) is 47.2 Å². The summed E-state index contributed by atoms with van der Waals surface area (Å²) in [5.41, 5.74) is 3.29. The lowest BCUT2D eigenvalue weighted by Gasteiger charge is -2.04. The highest BCUT2D eigenvalue weighted by molar-refractivity contribution is 5.91. The highest BCUT2D eigenvalue weighted by atomic mass is 16.1. The van der Waals surface area contributed by atoms with Crippen molar-refractivity contribution in [3.8, 4) is 0 Å². The minimum atomic E-state index is -0.0437. The Morgan fingerprint density at radius 1 is 1.25 bits per heavy atom. The average Bonchev–Trinajstić information content (AvgIpc) is 2.83. The predicted octanol–water partition coefficient (Wildman–Crippen LogP) is 3.24. The van der Waals surface area contributed by atoms with Crippen LogP contribution in [0.15, 0.2) is 30.3 Å². The summed E-state index contributed by atoms with van der Waals surface area (Å²) in [6, 6.07) is 10.1. The normalized spacial score (nSPS) is 10.5. The molecule has 2 N–H and O–H groups in total. The Kier molecular flexibility index (Phi) is 4.93. The van der Waals surface area contributed by atoms with E-state index in [-0.39, 0.29) is 5.91 Å². The molecule has 1 aromatic heterocycles. The number of benzene rings is 1. The van der Waals surface area contributed by atoms with Gasteiger partial charge < -0.3 is 5.32 Å². The third-order valence-corrected chi connectivity index (χ3v) is 3.18. The van der Waals surface area contributed by atoms with Crippen molar-refractivity contribution >= 4 is 11.7 Å². The number of nitrogens with one attached hydrogen (secondary N) is 2. The summed E-state index contributed by atoms with van der Waals surface area (Å²) in [6.45, 7) is 4.09. The molecule has 2 aromatic rings. The number of H-pyrrole nitrogens is 1. The number of anilines is 1. The number of carbonyl (C=O) groups excluding carboxylic acids is 1. The number of hydrogen-bond acceptors (Lipinski definition) is 2. The molecule has 0 aliphatic heterocycles. The van der Waals surface area contributed by atoms with Crippen LogP contribution in [0.5, 0.6) is 0 Å². The quantitative estimate of drug-likeness (QED) is 0.847. The fraction of sp³-hybridized carbons (Fsp3) is 0.375. The topological polar surface area (TPSA) is 57.8 Å². The molecule has 0 saturated carbocycles. The predicted molar refractivity (Wildman–Crippen MR) is 80.7 cm³/mol. The lowest BCUT2D eigenvalue weighted by Crippen LogP contribution is -2.14. The van der Waals surface area contributed by atoms with Crippen LogP contribution >= 0.6 is 0 Å². The first kappa shape index (κ1) is 14.3. The van der Waals surface area contributed by atoms with Crippen LogP contribution in [0, 0.1) is 6.92 Å². The van der Waals surface area contributed by atoms with Gasteiger partial charge in [0.15, 0.2) is 5.82 Å². The molecule has 4 nitrogen and oxygen atoms in total. The zero-order valence-electron chi connectivity index (χ0n) is 12.1. The van der Waals surface area contributed by atoms with Crippen molar-refractivity contribution < 1.29 is 4.79 Å². The smallest absolute Gasteiger partial charge is 0.229 e. The van der Waals surface area contributed by atoms with Gasteiger partial charge in [-0.1, -0.05) is 37.6 Å². The lowest BCUT2D eigenvalue weighted by atomic mass is 10.0. The van der Waals surface area contributed by atoms with Gasteiger partial charge in [-0.15, -0.1) is 0 Å². The molecular formula is C16H21N3O. The SMILES string of the molecule is CCCCc1ccc(CC(=O)Nc2cc(C)[nH]n2)cc1. The molecule has 0 radical (unpaired) electrons. The van der Waals surface area contributed by atoms with Crippen LogP contribution in [0.2, 0.25) is 0 Å². The van der Waals surface area contributed by atoms with E-state index in [1.54, 1.807) is 0 Å². The highest BCUT2D eigenvalue weighted by Gasteiger charge is 2.06. The Hall–Kier alpha value is -2.10. The van der Waals surface area contributed by atoms with Crippen LogP contribution in [-0.2, 0) is 17.6 Å². The number of aromatic amines is 1. The van der Waals surface area contributed by atoms with Gasteiger partial charge in [0.1, 0.15) is 0 Å². The molecule has 0 unspecified atom stereocenters. The minimum Gasteiger partial charge on any atom is -0.309 e. The molecule has 0 aliphatic carbocycles. The van der Waals surface area contributed by atoms with Gasteiger partial charge in [0.05, 0.1) is 6.42 Å². The monoisotopic (exact) mass is 271 g/mol. The van der Waals surface area contributed by atoms with Gasteiger partial charge in [0.25, 0.3) is 0 Å². The molecule has 1 aromatic carbocycles. The van der Waals surface area contributed by atoms with E-state index < -0.39 is 0 Å². The molecule has 0 saturated heterocycles. The van der Waals surface area contributed by atoms with E-state index in [2.05, 4.69) is 34.6 Å². The first-order valence-corrected chi connectivity index (χ1v) is 7.07. The summed E-state index contributed by atoms with van der Waals surface area (Å²) >= 11 is 0. The molecule has 106 valence electrons. The van der Waals surface area contributed by atoms with Crippen molar-refractivity contribution in [2.75, 3.05) is 5.32 Å². The number of carbonyl (C=O) groups is 1. The van der Waals surface area contributed by atoms with Crippen molar-refractivity contribution in [2.45, 2.75) is 39.5 Å². The number of aryl methyl sites for hydroxylation is 2. The zero-order chi connectivity index (χ0) is 14.4. The van der Waals surface area contributed by atoms with E-state index in [0.717, 1.165) is 17.7 Å². The van der Waals surface area contributed by atoms with Gasteiger partial charge in [0, 0.05) is 11.8 Å². The molecule has 1 amide bonds. The lowest BCUT2D eigenvalue weighted by molar-refractivity contribution is -0.115. The van der Waals surface area contributed by atoms with Crippen LogP contribution in [0.25, 0.3) is 0 Å². The van der Waals surface area contributed by atoms with Gasteiger partial charge >= 0.3 is 0 Å². The number of unbranched alkanes of at least 4 members (excludes halogenated alkanes) is 1. The second-order valence-corrected chi connectivity index (χ2v) is 5.08. The first-order valence-electron chi connectivity index (χ1n) is 7.07. The molecule has 0 spiro atoms. The number of rotatable bonds is 6. The van der Waals surface area contributed by atoms with E-state index in [9.17, 15) is 4.79 Å². The summed E-state index contributed by atoms with van der Waals surface area (Å²) in [5.74, 6) is 0.532. The van der Waals surface area contributed by atoms with Gasteiger partial charge in [-0.05, 0) is 30.9 Å². The summed E-state index contributed by atoms with van der Waals surface area (Å²) in [6.07, 6.45) is 3.89. The molecule has 4 heteroatoms. The first-order chi connectivity index (χ1) is 9.67. The highest BCUT2D eigenvalue weighted by Crippen LogP contribution is 2.10. The van der Waals surface area contributed by atoms with Crippen LogP contribution in [0.3, 0.4) is 0 Å². The van der Waals surface area contributed by atoms with Crippen LogP contribution in [0.1, 0.15) is 36.6 Å². The van der Waals surface area contributed by atoms with E-state index in [1.165, 1.54) is 18.4 Å². The molecule has 0 aliphatic rings. The molecule has 1 heterocycles. The third kappa shape index (κ3) is 4.23. The van der Waals surface area contributed by atoms with Gasteiger partial charge in [0.2, 0.25) is 5.91 Å². The number of hydrogen-bond donors (Lipinski definition) is 2. The Morgan fingerprint density at radius 2 is 1.95 bits per heavy atom. The van der Waals surface area contributed by atoms with Gasteiger partial charge in [-0.3, -0.25) is 9.89 Å². The van der Waals surface area contributed by atoms with Gasteiger partial charge in [-0.2, -0.15) is 5.10 Å². The van der Waals surface area contributed by atoms with Crippen molar-refractivity contribution in [2.24, 2.45) is 0 Å². The summed E-state index contributed by atoms with van der Waals surface area (Å²) in [4.78, 5) is 11.9. The molecule has 0 atom stereocenters. The standard InChI is InChI=1S/C16H21N3O/c1-3-4-5-13-6-8-14(9-7-13)11-16(20)17-15-10-12(2)18-19-15/h6-10H,3-5,11H2,1-2H3,(H2,17,18,19,20). The van der Waals surface area contributed by atoms with Crippen LogP contribution in [0.4, 0.5) is 5.82 Å². The van der Waals surface area contributed by atoms with E-state index in [0.29, 0.717) is 12.2 Å². The van der Waals surface area contributed by atoms with Crippen molar-refractivity contribution in [1.82, 2.24) is 10.2 Å². The molecule has 20 heavy (non-hydrogen) atoms. The molecular weight excluding hydrogens is 250 g/mol. The third-order valence-electron chi connectivity index (χ3n) is 3.18. The number of aromatic nitrogens is 2. The largest absolute Gasteiger partial charge is 0.309 e. The van der Waals surface area contributed by atoms with Gasteiger partial charge in [-0.25, -0.2) is 0 Å². The van der Waals surface area contributed by atoms with Crippen LogP contribution in [-0.4, -0.2) is 16.1 Å². The van der Waals surface area contributed by atoms with E-state index in [4.69, 9.17) is 0 Å². The average molecular weight is 271 g/mol. The fourth-order valence-corrected chi connectivity index (χ4v) is 2.06. The van der Waals surface area contributed by atoms with E-state index in [1.807, 2.05) is 25.1 Å². The Bertz CT molecular complexity index is 557. The van der Waals surface area contributed by atoms with Crippen LogP contribution < -0.4 is 5.32 Å². The minimum absolute atomic E-state index is 0.0437. The zero-order valence-corrected chi connectivity index (χ0v) is 12.1. The maximum absolute atomic E-state index is 11.9. The second-order valence-electron chi connectivity index (χ2n) is 5.08. The Balaban J connectivity index is 1.87. The Labute approximate surface area is 119 Å². The summed E-state index contributed by atoms with van der Waals surface area (Å²) in [7, 11) is 0. The molecule has 0 fully saturated rings. The maximum atomic E-state index is 11.9. The number of amides is 1. The molecule has 2 rings (SSSR count).